The van der Waals surface area contributed by atoms with Gasteiger partial charge in [0.05, 0.1) is 11.5 Å². The maximum absolute atomic E-state index is 12.6. The number of aliphatic carboxylic acids is 1. The van der Waals surface area contributed by atoms with E-state index < -0.39 is 23.6 Å². The molecule has 1 atom stereocenters. The van der Waals surface area contributed by atoms with Crippen molar-refractivity contribution in [2.24, 2.45) is 5.92 Å². The van der Waals surface area contributed by atoms with Gasteiger partial charge in [0.15, 0.2) is 0 Å². The first kappa shape index (κ1) is 20.0. The minimum absolute atomic E-state index is 0.0750. The highest BCUT2D eigenvalue weighted by Crippen LogP contribution is 2.29. The smallest absolute Gasteiger partial charge is 0.416 e. The molecule has 4 nitrogen and oxygen atoms in total. The van der Waals surface area contributed by atoms with Gasteiger partial charge in [0.25, 0.3) is 0 Å². The Morgan fingerprint density at radius 1 is 1.29 bits per heavy atom. The van der Waals surface area contributed by atoms with E-state index in [1.807, 2.05) is 6.92 Å². The number of alkyl halides is 3. The van der Waals surface area contributed by atoms with Gasteiger partial charge in [0, 0.05) is 13.0 Å². The molecule has 1 rings (SSSR count). The highest BCUT2D eigenvalue weighted by atomic mass is 19.4. The molecule has 2 N–H and O–H groups in total. The Morgan fingerprint density at radius 3 is 2.58 bits per heavy atom. The molecule has 1 unspecified atom stereocenters. The maximum Gasteiger partial charge on any atom is 0.416 e. The van der Waals surface area contributed by atoms with Gasteiger partial charge < -0.3 is 10.4 Å². The lowest BCUT2D eigenvalue weighted by molar-refractivity contribution is -0.142. The number of amides is 1. The Labute approximate surface area is 139 Å². The second kappa shape index (κ2) is 9.30. The normalized spacial score (nSPS) is 12.7. The molecule has 134 valence electrons. The molecule has 0 aromatic heterocycles. The Morgan fingerprint density at radius 2 is 2.00 bits per heavy atom. The summed E-state index contributed by atoms with van der Waals surface area (Å²) in [6.07, 6.45) is -2.28. The number of aryl methyl sites for hydroxylation is 1. The van der Waals surface area contributed by atoms with E-state index in [0.29, 0.717) is 31.2 Å². The summed E-state index contributed by atoms with van der Waals surface area (Å²) in [7, 11) is 0. The van der Waals surface area contributed by atoms with E-state index in [1.165, 1.54) is 6.07 Å². The fourth-order valence-corrected chi connectivity index (χ4v) is 2.34. The number of hydrogen-bond acceptors (Lipinski definition) is 2. The fraction of sp³-hybridized carbons (Fsp3) is 0.529. The number of rotatable bonds is 9. The van der Waals surface area contributed by atoms with E-state index in [4.69, 9.17) is 5.11 Å². The lowest BCUT2D eigenvalue weighted by Crippen LogP contribution is -2.32. The van der Waals surface area contributed by atoms with Crippen molar-refractivity contribution in [2.45, 2.75) is 45.2 Å². The molecule has 1 amide bonds. The summed E-state index contributed by atoms with van der Waals surface area (Å²) in [6.45, 7) is 1.94. The van der Waals surface area contributed by atoms with Crippen molar-refractivity contribution in [1.82, 2.24) is 5.32 Å². The first-order valence-electron chi connectivity index (χ1n) is 7.89. The molecule has 1 aromatic carbocycles. The summed E-state index contributed by atoms with van der Waals surface area (Å²) >= 11 is 0. The molecule has 0 fully saturated rings. The van der Waals surface area contributed by atoms with Gasteiger partial charge in [-0.15, -0.1) is 0 Å². The molecule has 0 aliphatic rings. The quantitative estimate of drug-likeness (QED) is 0.718. The topological polar surface area (TPSA) is 66.4 Å². The lowest BCUT2D eigenvalue weighted by atomic mass is 10.0. The maximum atomic E-state index is 12.6. The molecular formula is C17H22F3NO3. The highest BCUT2D eigenvalue weighted by molar-refractivity contribution is 5.77. The number of carbonyl (C=O) groups excluding carboxylic acids is 1. The zero-order valence-corrected chi connectivity index (χ0v) is 13.5. The van der Waals surface area contributed by atoms with Crippen LogP contribution in [-0.4, -0.2) is 23.5 Å². The van der Waals surface area contributed by atoms with Crippen molar-refractivity contribution in [2.75, 3.05) is 6.54 Å². The first-order chi connectivity index (χ1) is 11.2. The third-order valence-electron chi connectivity index (χ3n) is 3.66. The second-order valence-corrected chi connectivity index (χ2v) is 5.68. The van der Waals surface area contributed by atoms with Crippen LogP contribution in [0.2, 0.25) is 0 Å². The van der Waals surface area contributed by atoms with Crippen molar-refractivity contribution < 1.29 is 27.9 Å². The molecule has 0 saturated heterocycles. The van der Waals surface area contributed by atoms with Crippen molar-refractivity contribution in [3.05, 3.63) is 35.4 Å². The molecule has 24 heavy (non-hydrogen) atoms. The average molecular weight is 345 g/mol. The molecule has 0 aliphatic carbocycles. The van der Waals surface area contributed by atoms with Crippen molar-refractivity contribution in [3.63, 3.8) is 0 Å². The second-order valence-electron chi connectivity index (χ2n) is 5.68. The average Bonchev–Trinajstić information content (AvgIpc) is 2.50. The number of carboxylic acid groups (broad SMARTS) is 1. The van der Waals surface area contributed by atoms with E-state index in [-0.39, 0.29) is 18.9 Å². The van der Waals surface area contributed by atoms with Crippen LogP contribution in [0.5, 0.6) is 0 Å². The fourth-order valence-electron chi connectivity index (χ4n) is 2.34. The van der Waals surface area contributed by atoms with E-state index >= 15 is 0 Å². The number of hydrogen-bond donors (Lipinski definition) is 2. The van der Waals surface area contributed by atoms with Crippen molar-refractivity contribution in [3.8, 4) is 0 Å². The third kappa shape index (κ3) is 7.02. The SMILES string of the molecule is CCCC(CNC(=O)CCCc1cccc(C(F)(F)F)c1)C(=O)O. The van der Waals surface area contributed by atoms with Crippen LogP contribution in [0.4, 0.5) is 13.2 Å². The summed E-state index contributed by atoms with van der Waals surface area (Å²) in [5, 5.41) is 11.6. The summed E-state index contributed by atoms with van der Waals surface area (Å²) in [5.41, 5.74) is -0.180. The van der Waals surface area contributed by atoms with Crippen molar-refractivity contribution >= 4 is 11.9 Å². The lowest BCUT2D eigenvalue weighted by Gasteiger charge is -2.12. The number of nitrogens with one attached hydrogen (secondary N) is 1. The minimum atomic E-state index is -4.38. The Hall–Kier alpha value is -2.05. The number of carbonyl (C=O) groups is 2. The van der Waals surface area contributed by atoms with Crippen LogP contribution in [0.3, 0.4) is 0 Å². The van der Waals surface area contributed by atoms with E-state index in [0.717, 1.165) is 12.1 Å². The first-order valence-corrected chi connectivity index (χ1v) is 7.89. The molecule has 0 aliphatic heterocycles. The van der Waals surface area contributed by atoms with Crippen LogP contribution < -0.4 is 5.32 Å². The monoisotopic (exact) mass is 345 g/mol. The zero-order chi connectivity index (χ0) is 18.2. The molecule has 0 heterocycles. The van der Waals surface area contributed by atoms with E-state index in [9.17, 15) is 22.8 Å². The van der Waals surface area contributed by atoms with Crippen LogP contribution in [0.25, 0.3) is 0 Å². The van der Waals surface area contributed by atoms with Gasteiger partial charge >= 0.3 is 12.1 Å². The van der Waals surface area contributed by atoms with Crippen LogP contribution >= 0.6 is 0 Å². The van der Waals surface area contributed by atoms with Crippen LogP contribution in [0, 0.1) is 5.92 Å². The summed E-state index contributed by atoms with van der Waals surface area (Å²) in [6, 6.07) is 5.03. The van der Waals surface area contributed by atoms with Crippen LogP contribution in [0.1, 0.15) is 43.7 Å². The summed E-state index contributed by atoms with van der Waals surface area (Å²) in [4.78, 5) is 22.7. The van der Waals surface area contributed by atoms with Gasteiger partial charge in [-0.3, -0.25) is 9.59 Å². The Bertz CT molecular complexity index is 558. The number of carboxylic acids is 1. The molecule has 0 bridgehead atoms. The molecular weight excluding hydrogens is 323 g/mol. The summed E-state index contributed by atoms with van der Waals surface area (Å²) in [5.74, 6) is -1.84. The molecule has 1 aromatic rings. The predicted octanol–water partition coefficient (Wildman–Crippen LogP) is 3.65. The van der Waals surface area contributed by atoms with Gasteiger partial charge in [-0.05, 0) is 30.9 Å². The predicted molar refractivity (Wildman–Crippen MR) is 83.4 cm³/mol. The van der Waals surface area contributed by atoms with Gasteiger partial charge in [-0.1, -0.05) is 31.5 Å². The third-order valence-corrected chi connectivity index (χ3v) is 3.66. The Balaban J connectivity index is 2.39. The van der Waals surface area contributed by atoms with Crippen LogP contribution in [0.15, 0.2) is 24.3 Å². The minimum Gasteiger partial charge on any atom is -0.481 e. The van der Waals surface area contributed by atoms with Gasteiger partial charge in [0.1, 0.15) is 0 Å². The number of benzene rings is 1. The van der Waals surface area contributed by atoms with Gasteiger partial charge in [-0.2, -0.15) is 13.2 Å². The van der Waals surface area contributed by atoms with Gasteiger partial charge in [-0.25, -0.2) is 0 Å². The van der Waals surface area contributed by atoms with Crippen LogP contribution in [-0.2, 0) is 22.2 Å². The van der Waals surface area contributed by atoms with Gasteiger partial charge in [0.2, 0.25) is 5.91 Å². The van der Waals surface area contributed by atoms with Crippen molar-refractivity contribution in [1.29, 1.82) is 0 Å². The zero-order valence-electron chi connectivity index (χ0n) is 13.5. The molecule has 0 spiro atoms. The number of halogens is 3. The largest absolute Gasteiger partial charge is 0.481 e. The Kier molecular flexibility index (Phi) is 7.74. The molecule has 0 saturated carbocycles. The molecule has 0 radical (unpaired) electrons. The summed E-state index contributed by atoms with van der Waals surface area (Å²) < 4.78 is 37.8. The van der Waals surface area contributed by atoms with E-state index in [1.54, 1.807) is 6.07 Å². The molecule has 7 heteroatoms. The highest BCUT2D eigenvalue weighted by Gasteiger charge is 2.30. The standard InChI is InChI=1S/C17H22F3NO3/c1-2-5-13(16(23)24)11-21-15(22)9-4-7-12-6-3-8-14(10-12)17(18,19)20/h3,6,8,10,13H,2,4-5,7,9,11H2,1H3,(H,21,22)(H,23,24). The van der Waals surface area contributed by atoms with E-state index in [2.05, 4.69) is 5.32 Å².